The maximum atomic E-state index is 2.41. The molecule has 10 heavy (non-hydrogen) atoms. The van der Waals surface area contributed by atoms with Crippen molar-refractivity contribution in [1.29, 1.82) is 0 Å². The molecule has 0 unspecified atom stereocenters. The second kappa shape index (κ2) is 2.66. The molecule has 0 fully saturated rings. The highest BCUT2D eigenvalue weighted by Crippen LogP contribution is 2.36. The molecule has 1 nitrogen and oxygen atoms in total. The zero-order valence-corrected chi connectivity index (χ0v) is 9.45. The first kappa shape index (κ1) is 10.2. The fraction of sp³-hybridized carbons (Fsp3) is 1.00. The number of rotatable bonds is 1. The SMILES string of the molecule is CN(C)[Si](C)(C)C(C)(C)C. The minimum absolute atomic E-state index is 0.483. The third-order valence-electron chi connectivity index (χ3n) is 2.95. The smallest absolute Gasteiger partial charge is 0.127 e. The summed E-state index contributed by atoms with van der Waals surface area (Å²) in [4.78, 5) is 0. The molecule has 0 saturated carbocycles. The van der Waals surface area contributed by atoms with Gasteiger partial charge < -0.3 is 4.57 Å². The van der Waals surface area contributed by atoms with Gasteiger partial charge in [0.2, 0.25) is 0 Å². The van der Waals surface area contributed by atoms with E-state index < -0.39 is 8.24 Å². The van der Waals surface area contributed by atoms with E-state index in [9.17, 15) is 0 Å². The topological polar surface area (TPSA) is 3.24 Å². The van der Waals surface area contributed by atoms with E-state index in [1.54, 1.807) is 0 Å². The molecule has 0 heterocycles. The van der Waals surface area contributed by atoms with Crippen molar-refractivity contribution in [3.63, 3.8) is 0 Å². The fourth-order valence-electron chi connectivity index (χ4n) is 0.671. The van der Waals surface area contributed by atoms with Gasteiger partial charge in [0, 0.05) is 0 Å². The lowest BCUT2D eigenvalue weighted by molar-refractivity contribution is 0.551. The maximum absolute atomic E-state index is 2.41. The molecule has 0 aromatic carbocycles. The Hall–Kier alpha value is 0.177. The Kier molecular flexibility index (Phi) is 2.71. The molecule has 0 spiro atoms. The Labute approximate surface area is 66.5 Å². The zero-order chi connectivity index (χ0) is 8.58. The standard InChI is InChI=1S/C8H21NSi/c1-8(2,3)10(6,7)9(4)5/h1-7H3. The first-order chi connectivity index (χ1) is 4.19. The lowest BCUT2D eigenvalue weighted by atomic mass is 10.2. The zero-order valence-electron chi connectivity index (χ0n) is 8.45. The lowest BCUT2D eigenvalue weighted by Crippen LogP contribution is -2.50. The summed E-state index contributed by atoms with van der Waals surface area (Å²) in [5, 5.41) is 0.483. The van der Waals surface area contributed by atoms with Gasteiger partial charge in [0.25, 0.3) is 0 Å². The summed E-state index contributed by atoms with van der Waals surface area (Å²) in [6.45, 7) is 11.8. The molecule has 0 atom stereocenters. The Morgan fingerprint density at radius 1 is 1.00 bits per heavy atom. The van der Waals surface area contributed by atoms with E-state index in [4.69, 9.17) is 0 Å². The summed E-state index contributed by atoms with van der Waals surface area (Å²) in [6, 6.07) is 0. The van der Waals surface area contributed by atoms with Crippen LogP contribution in [-0.2, 0) is 0 Å². The Bertz CT molecular complexity index is 111. The van der Waals surface area contributed by atoms with E-state index in [0.29, 0.717) is 5.04 Å². The van der Waals surface area contributed by atoms with E-state index in [1.165, 1.54) is 0 Å². The molecule has 0 N–H and O–H groups in total. The minimum Gasteiger partial charge on any atom is -0.329 e. The van der Waals surface area contributed by atoms with Gasteiger partial charge in [-0.15, -0.1) is 0 Å². The molecule has 0 radical (unpaired) electrons. The monoisotopic (exact) mass is 159 g/mol. The van der Waals surface area contributed by atoms with Crippen LogP contribution in [0.1, 0.15) is 20.8 Å². The van der Waals surface area contributed by atoms with Crippen LogP contribution < -0.4 is 0 Å². The quantitative estimate of drug-likeness (QED) is 0.532. The number of hydrogen-bond donors (Lipinski definition) is 0. The highest BCUT2D eigenvalue weighted by molar-refractivity contribution is 6.77. The van der Waals surface area contributed by atoms with Crippen molar-refractivity contribution in [1.82, 2.24) is 4.57 Å². The highest BCUT2D eigenvalue weighted by Gasteiger charge is 2.37. The molecular weight excluding hydrogens is 138 g/mol. The van der Waals surface area contributed by atoms with Crippen LogP contribution in [0.25, 0.3) is 0 Å². The van der Waals surface area contributed by atoms with Crippen LogP contribution in [0.4, 0.5) is 0 Å². The summed E-state index contributed by atoms with van der Waals surface area (Å²) >= 11 is 0. The molecule has 0 saturated heterocycles. The van der Waals surface area contributed by atoms with Crippen LogP contribution in [0.5, 0.6) is 0 Å². The van der Waals surface area contributed by atoms with Gasteiger partial charge >= 0.3 is 0 Å². The Morgan fingerprint density at radius 3 is 1.30 bits per heavy atom. The van der Waals surface area contributed by atoms with Crippen molar-refractivity contribution in [2.24, 2.45) is 0 Å². The van der Waals surface area contributed by atoms with Gasteiger partial charge in [-0.3, -0.25) is 0 Å². The van der Waals surface area contributed by atoms with Crippen LogP contribution >= 0.6 is 0 Å². The van der Waals surface area contributed by atoms with Crippen LogP contribution in [0, 0.1) is 0 Å². The average Bonchev–Trinajstić information content (AvgIpc) is 1.62. The van der Waals surface area contributed by atoms with Crippen molar-refractivity contribution in [2.45, 2.75) is 38.9 Å². The fourth-order valence-corrected chi connectivity index (χ4v) is 2.01. The summed E-state index contributed by atoms with van der Waals surface area (Å²) in [5.41, 5.74) is 0. The van der Waals surface area contributed by atoms with Gasteiger partial charge in [-0.1, -0.05) is 33.9 Å². The van der Waals surface area contributed by atoms with Crippen LogP contribution in [0.15, 0.2) is 0 Å². The molecule has 0 aromatic heterocycles. The van der Waals surface area contributed by atoms with Gasteiger partial charge in [0.05, 0.1) is 0 Å². The van der Waals surface area contributed by atoms with Crippen LogP contribution in [0.2, 0.25) is 18.1 Å². The molecule has 0 aromatic rings. The molecule has 62 valence electrons. The van der Waals surface area contributed by atoms with Crippen LogP contribution in [-0.4, -0.2) is 26.9 Å². The van der Waals surface area contributed by atoms with Gasteiger partial charge in [0.15, 0.2) is 0 Å². The number of nitrogens with zero attached hydrogens (tertiary/aromatic N) is 1. The van der Waals surface area contributed by atoms with Crippen molar-refractivity contribution in [3.05, 3.63) is 0 Å². The van der Waals surface area contributed by atoms with Crippen molar-refractivity contribution in [2.75, 3.05) is 14.1 Å². The predicted molar refractivity (Wildman–Crippen MR) is 50.9 cm³/mol. The van der Waals surface area contributed by atoms with Crippen LogP contribution in [0.3, 0.4) is 0 Å². The molecule has 0 bridgehead atoms. The molecule has 0 aliphatic carbocycles. The lowest BCUT2D eigenvalue weighted by Gasteiger charge is -2.42. The number of hydrogen-bond acceptors (Lipinski definition) is 1. The van der Waals surface area contributed by atoms with Gasteiger partial charge in [-0.05, 0) is 19.1 Å². The van der Waals surface area contributed by atoms with E-state index >= 15 is 0 Å². The molecule has 0 aliphatic rings. The van der Waals surface area contributed by atoms with Gasteiger partial charge in [-0.2, -0.15) is 0 Å². The first-order valence-corrected chi connectivity index (χ1v) is 6.82. The van der Waals surface area contributed by atoms with Gasteiger partial charge in [-0.25, -0.2) is 0 Å². The second-order valence-electron chi connectivity index (χ2n) is 4.70. The van der Waals surface area contributed by atoms with Crippen molar-refractivity contribution in [3.8, 4) is 0 Å². The summed E-state index contributed by atoms with van der Waals surface area (Å²) in [6.07, 6.45) is 0. The van der Waals surface area contributed by atoms with E-state index in [-0.39, 0.29) is 0 Å². The normalized spacial score (nSPS) is 14.4. The van der Waals surface area contributed by atoms with Gasteiger partial charge in [0.1, 0.15) is 8.24 Å². The molecule has 0 rings (SSSR count). The van der Waals surface area contributed by atoms with E-state index in [0.717, 1.165) is 0 Å². The molecule has 0 aliphatic heterocycles. The van der Waals surface area contributed by atoms with Crippen molar-refractivity contribution < 1.29 is 0 Å². The van der Waals surface area contributed by atoms with E-state index in [2.05, 4.69) is 52.5 Å². The molecule has 2 heteroatoms. The third kappa shape index (κ3) is 1.83. The average molecular weight is 159 g/mol. The third-order valence-corrected chi connectivity index (χ3v) is 8.86. The molecular formula is C8H21NSi. The Balaban J connectivity index is 4.40. The Morgan fingerprint density at radius 2 is 1.30 bits per heavy atom. The van der Waals surface area contributed by atoms with E-state index in [1.807, 2.05) is 0 Å². The molecule has 0 amide bonds. The first-order valence-electron chi connectivity index (χ1n) is 3.87. The largest absolute Gasteiger partial charge is 0.329 e. The summed E-state index contributed by atoms with van der Waals surface area (Å²) in [5.74, 6) is 0. The highest BCUT2D eigenvalue weighted by atomic mass is 28.3. The second-order valence-corrected chi connectivity index (χ2v) is 10.2. The summed E-state index contributed by atoms with van der Waals surface area (Å²) in [7, 11) is 3.23. The predicted octanol–water partition coefficient (Wildman–Crippen LogP) is 2.55. The minimum atomic E-state index is -1.15. The summed E-state index contributed by atoms with van der Waals surface area (Å²) < 4.78 is 2.41. The van der Waals surface area contributed by atoms with Crippen molar-refractivity contribution >= 4 is 8.24 Å². The maximum Gasteiger partial charge on any atom is 0.127 e.